The molecule has 1 heterocycles. The average Bonchev–Trinajstić information content (AvgIpc) is 2.66. The van der Waals surface area contributed by atoms with Crippen molar-refractivity contribution in [2.45, 2.75) is 59.0 Å². The second-order valence-corrected chi connectivity index (χ2v) is 9.25. The highest BCUT2D eigenvalue weighted by Gasteiger charge is 2.38. The monoisotopic (exact) mass is 416 g/mol. The van der Waals surface area contributed by atoms with Crippen molar-refractivity contribution in [1.29, 1.82) is 0 Å². The molecule has 1 fully saturated rings. The van der Waals surface area contributed by atoms with Crippen LogP contribution in [-0.2, 0) is 6.42 Å². The number of hydrogen-bond donors (Lipinski definition) is 2. The molecule has 0 bridgehead atoms. The van der Waals surface area contributed by atoms with Crippen molar-refractivity contribution in [3.8, 4) is 0 Å². The van der Waals surface area contributed by atoms with Crippen LogP contribution in [0.2, 0.25) is 0 Å². The molecule has 1 aliphatic rings. The van der Waals surface area contributed by atoms with Crippen LogP contribution in [0.4, 0.5) is 19.3 Å². The highest BCUT2D eigenvalue weighted by Crippen LogP contribution is 2.34. The maximum atomic E-state index is 13.7. The number of amides is 1. The van der Waals surface area contributed by atoms with Gasteiger partial charge in [-0.1, -0.05) is 39.0 Å². The molecule has 1 aliphatic heterocycles. The summed E-state index contributed by atoms with van der Waals surface area (Å²) in [6.45, 7) is 8.69. The van der Waals surface area contributed by atoms with Crippen LogP contribution in [0.3, 0.4) is 0 Å². The topological polar surface area (TPSA) is 52.6 Å². The van der Waals surface area contributed by atoms with E-state index >= 15 is 0 Å². The van der Waals surface area contributed by atoms with Gasteiger partial charge in [0.25, 0.3) is 0 Å². The summed E-state index contributed by atoms with van der Waals surface area (Å²) >= 11 is 0. The zero-order valence-electron chi connectivity index (χ0n) is 18.0. The molecule has 2 atom stereocenters. The van der Waals surface area contributed by atoms with E-state index in [0.717, 1.165) is 29.3 Å². The van der Waals surface area contributed by atoms with E-state index in [1.807, 2.05) is 25.1 Å². The third-order valence-electron chi connectivity index (χ3n) is 5.98. The number of aryl methyl sites for hydroxylation is 1. The molecule has 0 aliphatic carbocycles. The molecule has 0 saturated carbocycles. The predicted molar refractivity (Wildman–Crippen MR) is 115 cm³/mol. The lowest BCUT2D eigenvalue weighted by molar-refractivity contribution is 0.0557. The van der Waals surface area contributed by atoms with Crippen LogP contribution in [0.25, 0.3) is 0 Å². The smallest absolute Gasteiger partial charge is 0.407 e. The van der Waals surface area contributed by atoms with Gasteiger partial charge in [0.15, 0.2) is 11.6 Å². The average molecular weight is 417 g/mol. The van der Waals surface area contributed by atoms with Crippen molar-refractivity contribution < 1.29 is 18.7 Å². The quantitative estimate of drug-likeness (QED) is 0.659. The second kappa shape index (κ2) is 8.62. The normalized spacial score (nSPS) is 19.6. The van der Waals surface area contributed by atoms with Crippen molar-refractivity contribution in [2.75, 3.05) is 11.9 Å². The number of halogens is 2. The minimum absolute atomic E-state index is 0.0827. The van der Waals surface area contributed by atoms with Crippen molar-refractivity contribution in [2.24, 2.45) is 5.41 Å². The Morgan fingerprint density at radius 3 is 2.57 bits per heavy atom. The number of nitrogens with one attached hydrogen (secondary N) is 1. The number of rotatable bonds is 4. The number of anilines is 1. The highest BCUT2D eigenvalue weighted by atomic mass is 19.2. The van der Waals surface area contributed by atoms with E-state index in [2.05, 4.69) is 26.1 Å². The molecular formula is C24H30F2N2O2. The van der Waals surface area contributed by atoms with Crippen LogP contribution in [0.5, 0.6) is 0 Å². The van der Waals surface area contributed by atoms with Gasteiger partial charge < -0.3 is 15.3 Å². The molecule has 0 aromatic heterocycles. The molecule has 2 N–H and O–H groups in total. The Hall–Kier alpha value is -2.63. The van der Waals surface area contributed by atoms with Gasteiger partial charge in [-0.15, -0.1) is 0 Å². The van der Waals surface area contributed by atoms with Gasteiger partial charge in [0.05, 0.1) is 0 Å². The van der Waals surface area contributed by atoms with Crippen LogP contribution in [0, 0.1) is 24.0 Å². The van der Waals surface area contributed by atoms with Crippen LogP contribution < -0.4 is 5.32 Å². The van der Waals surface area contributed by atoms with Crippen LogP contribution in [0.15, 0.2) is 36.4 Å². The van der Waals surface area contributed by atoms with E-state index in [-0.39, 0.29) is 17.5 Å². The minimum Gasteiger partial charge on any atom is -0.465 e. The Labute approximate surface area is 176 Å². The molecule has 6 heteroatoms. The molecule has 162 valence electrons. The fraction of sp³-hybridized carbons (Fsp3) is 0.458. The van der Waals surface area contributed by atoms with Crippen molar-refractivity contribution in [3.05, 3.63) is 64.7 Å². The molecule has 4 nitrogen and oxygen atoms in total. The molecule has 2 unspecified atom stereocenters. The van der Waals surface area contributed by atoms with Gasteiger partial charge in [-0.05, 0) is 66.5 Å². The molecule has 2 aromatic carbocycles. The third kappa shape index (κ3) is 4.91. The summed E-state index contributed by atoms with van der Waals surface area (Å²) in [7, 11) is 0. The van der Waals surface area contributed by atoms with E-state index < -0.39 is 17.7 Å². The van der Waals surface area contributed by atoms with Gasteiger partial charge in [0, 0.05) is 24.3 Å². The van der Waals surface area contributed by atoms with Gasteiger partial charge >= 0.3 is 6.09 Å². The Morgan fingerprint density at radius 1 is 1.20 bits per heavy atom. The zero-order valence-corrected chi connectivity index (χ0v) is 18.0. The van der Waals surface area contributed by atoms with E-state index in [9.17, 15) is 18.7 Å². The van der Waals surface area contributed by atoms with Crippen LogP contribution >= 0.6 is 0 Å². The maximum absolute atomic E-state index is 13.7. The lowest BCUT2D eigenvalue weighted by Crippen LogP contribution is -2.54. The number of carbonyl (C=O) groups is 1. The fourth-order valence-corrected chi connectivity index (χ4v) is 4.29. The summed E-state index contributed by atoms with van der Waals surface area (Å²) in [5.41, 5.74) is 3.61. The Kier molecular flexibility index (Phi) is 6.34. The van der Waals surface area contributed by atoms with E-state index in [0.29, 0.717) is 24.9 Å². The zero-order chi connectivity index (χ0) is 22.1. The van der Waals surface area contributed by atoms with E-state index in [1.165, 1.54) is 6.07 Å². The summed E-state index contributed by atoms with van der Waals surface area (Å²) in [4.78, 5) is 13.2. The predicted octanol–water partition coefficient (Wildman–Crippen LogP) is 5.83. The molecule has 0 radical (unpaired) electrons. The Balaban J connectivity index is 1.82. The molecule has 30 heavy (non-hydrogen) atoms. The third-order valence-corrected chi connectivity index (χ3v) is 5.98. The van der Waals surface area contributed by atoms with Crippen molar-refractivity contribution in [1.82, 2.24) is 4.90 Å². The van der Waals surface area contributed by atoms with Gasteiger partial charge in [0.2, 0.25) is 0 Å². The number of benzene rings is 2. The second-order valence-electron chi connectivity index (χ2n) is 9.25. The molecule has 1 saturated heterocycles. The van der Waals surface area contributed by atoms with Crippen molar-refractivity contribution >= 4 is 11.8 Å². The summed E-state index contributed by atoms with van der Waals surface area (Å²) in [6, 6.07) is 10.0. The fourth-order valence-electron chi connectivity index (χ4n) is 4.29. The molecule has 3 rings (SSSR count). The molecular weight excluding hydrogens is 386 g/mol. The standard InChI is InChI=1S/C24H30F2N2O2/c1-15-6-5-7-21(18(15)12-16-8-9-19(25)20(26)13-16)27-17-10-11-28(23(29)30)22(14-17)24(2,3)4/h5-9,13,17,22,27H,10-12,14H2,1-4H3,(H,29,30). The summed E-state index contributed by atoms with van der Waals surface area (Å²) in [6.07, 6.45) is 1.05. The lowest BCUT2D eigenvalue weighted by Gasteiger charge is -2.45. The number of likely N-dealkylation sites (tertiary alicyclic amines) is 1. The number of nitrogens with zero attached hydrogens (tertiary/aromatic N) is 1. The van der Waals surface area contributed by atoms with Crippen molar-refractivity contribution in [3.63, 3.8) is 0 Å². The van der Waals surface area contributed by atoms with Crippen LogP contribution in [0.1, 0.15) is 50.3 Å². The van der Waals surface area contributed by atoms with Gasteiger partial charge in [-0.2, -0.15) is 0 Å². The minimum atomic E-state index is -0.872. The SMILES string of the molecule is Cc1cccc(NC2CCN(C(=O)O)C(C(C)(C)C)C2)c1Cc1ccc(F)c(F)c1. The number of hydrogen-bond acceptors (Lipinski definition) is 2. The summed E-state index contributed by atoms with van der Waals surface area (Å²) in [5, 5.41) is 13.2. The van der Waals surface area contributed by atoms with E-state index in [1.54, 1.807) is 11.0 Å². The maximum Gasteiger partial charge on any atom is 0.407 e. The first-order valence-corrected chi connectivity index (χ1v) is 10.3. The first-order chi connectivity index (χ1) is 14.1. The Bertz CT molecular complexity index is 924. The molecule has 0 spiro atoms. The number of carboxylic acid groups (broad SMARTS) is 1. The molecule has 1 amide bonds. The van der Waals surface area contributed by atoms with Gasteiger partial charge in [0.1, 0.15) is 0 Å². The first-order valence-electron chi connectivity index (χ1n) is 10.3. The Morgan fingerprint density at radius 2 is 1.93 bits per heavy atom. The first kappa shape index (κ1) is 22.1. The van der Waals surface area contributed by atoms with Gasteiger partial charge in [-0.25, -0.2) is 13.6 Å². The summed E-state index contributed by atoms with van der Waals surface area (Å²) in [5.74, 6) is -1.69. The number of piperidine rings is 1. The lowest BCUT2D eigenvalue weighted by atomic mass is 9.79. The van der Waals surface area contributed by atoms with Gasteiger partial charge in [-0.3, -0.25) is 0 Å². The largest absolute Gasteiger partial charge is 0.465 e. The summed E-state index contributed by atoms with van der Waals surface area (Å²) < 4.78 is 27.0. The van der Waals surface area contributed by atoms with Crippen LogP contribution in [-0.4, -0.2) is 34.7 Å². The highest BCUT2D eigenvalue weighted by molar-refractivity contribution is 5.66. The molecule has 2 aromatic rings. The van der Waals surface area contributed by atoms with E-state index in [4.69, 9.17) is 0 Å².